The van der Waals surface area contributed by atoms with Crippen molar-refractivity contribution in [3.05, 3.63) is 24.3 Å². The second kappa shape index (κ2) is 6.63. The molecule has 0 saturated heterocycles. The molecule has 1 rings (SSSR count). The lowest BCUT2D eigenvalue weighted by molar-refractivity contribution is -0.139. The van der Waals surface area contributed by atoms with E-state index in [1.165, 1.54) is 0 Å². The molecule has 1 atom stereocenters. The zero-order valence-electron chi connectivity index (χ0n) is 11.3. The molecule has 1 aromatic rings. The first-order valence-corrected chi connectivity index (χ1v) is 6.02. The Morgan fingerprint density at radius 2 is 1.95 bits per heavy atom. The van der Waals surface area contributed by atoms with Crippen LogP contribution in [0.3, 0.4) is 0 Å². The number of benzene rings is 1. The van der Waals surface area contributed by atoms with Crippen molar-refractivity contribution in [3.8, 4) is 0 Å². The molecule has 0 aliphatic carbocycles. The quantitative estimate of drug-likeness (QED) is 0.757. The minimum Gasteiger partial charge on any atom is -0.480 e. The van der Waals surface area contributed by atoms with Gasteiger partial charge in [-0.25, -0.2) is 9.59 Å². The predicted molar refractivity (Wildman–Crippen MR) is 74.6 cm³/mol. The van der Waals surface area contributed by atoms with E-state index in [-0.39, 0.29) is 0 Å². The van der Waals surface area contributed by atoms with Gasteiger partial charge in [0.05, 0.1) is 11.4 Å². The Labute approximate surface area is 112 Å². The number of nitrogens with zero attached hydrogens (tertiary/aromatic N) is 1. The smallest absolute Gasteiger partial charge is 0.326 e. The molecular formula is C13H19N3O3. The molecule has 0 spiro atoms. The number of amides is 2. The zero-order valence-corrected chi connectivity index (χ0v) is 11.3. The number of urea groups is 1. The number of carbonyl (C=O) groups excluding carboxylic acids is 1. The summed E-state index contributed by atoms with van der Waals surface area (Å²) in [5.74, 6) is -1.04. The normalized spacial score (nSPS) is 11.5. The van der Waals surface area contributed by atoms with Gasteiger partial charge in [0.2, 0.25) is 0 Å². The van der Waals surface area contributed by atoms with Crippen LogP contribution in [0.5, 0.6) is 0 Å². The maximum absolute atomic E-state index is 11.8. The third kappa shape index (κ3) is 4.17. The standard InChI is InChI=1S/C13H19N3O3/c1-4-9(12(17)18)14-13(19)15-10-7-5-6-8-11(10)16(2)3/h5-9H,4H2,1-3H3,(H,17,18)(H2,14,15,19)/t9-/m1/s1. The van der Waals surface area contributed by atoms with Crippen molar-refractivity contribution < 1.29 is 14.7 Å². The fourth-order valence-corrected chi connectivity index (χ4v) is 1.62. The Kier molecular flexibility index (Phi) is 5.17. The highest BCUT2D eigenvalue weighted by molar-refractivity contribution is 5.95. The van der Waals surface area contributed by atoms with Crippen molar-refractivity contribution in [1.82, 2.24) is 5.32 Å². The van der Waals surface area contributed by atoms with Gasteiger partial charge in [0, 0.05) is 14.1 Å². The van der Waals surface area contributed by atoms with Crippen LogP contribution in [0, 0.1) is 0 Å². The van der Waals surface area contributed by atoms with Gasteiger partial charge < -0.3 is 20.6 Å². The molecule has 0 heterocycles. The Morgan fingerprint density at radius 1 is 1.32 bits per heavy atom. The highest BCUT2D eigenvalue weighted by atomic mass is 16.4. The van der Waals surface area contributed by atoms with E-state index in [0.29, 0.717) is 12.1 Å². The largest absolute Gasteiger partial charge is 0.480 e. The number of nitrogens with one attached hydrogen (secondary N) is 2. The van der Waals surface area contributed by atoms with E-state index in [1.807, 2.05) is 31.1 Å². The first kappa shape index (κ1) is 14.8. The number of rotatable bonds is 5. The second-order valence-electron chi connectivity index (χ2n) is 4.31. The van der Waals surface area contributed by atoms with Gasteiger partial charge in [-0.15, -0.1) is 0 Å². The number of aliphatic carboxylic acids is 1. The molecule has 3 N–H and O–H groups in total. The fourth-order valence-electron chi connectivity index (χ4n) is 1.62. The molecular weight excluding hydrogens is 246 g/mol. The molecule has 0 radical (unpaired) electrons. The Hall–Kier alpha value is -2.24. The number of hydrogen-bond donors (Lipinski definition) is 3. The average molecular weight is 265 g/mol. The van der Waals surface area contributed by atoms with Gasteiger partial charge in [-0.2, -0.15) is 0 Å². The zero-order chi connectivity index (χ0) is 14.4. The van der Waals surface area contributed by atoms with E-state index >= 15 is 0 Å². The van der Waals surface area contributed by atoms with Gasteiger partial charge in [-0.1, -0.05) is 19.1 Å². The number of carboxylic acids is 1. The third-order valence-corrected chi connectivity index (χ3v) is 2.65. The molecule has 1 aromatic carbocycles. The molecule has 0 aliphatic rings. The molecule has 0 aromatic heterocycles. The topological polar surface area (TPSA) is 81.7 Å². The van der Waals surface area contributed by atoms with Crippen LogP contribution in [0.2, 0.25) is 0 Å². The molecule has 104 valence electrons. The number of hydrogen-bond acceptors (Lipinski definition) is 3. The molecule has 6 nitrogen and oxygen atoms in total. The monoisotopic (exact) mass is 265 g/mol. The summed E-state index contributed by atoms with van der Waals surface area (Å²) in [5.41, 5.74) is 1.48. The number of carbonyl (C=O) groups is 2. The van der Waals surface area contributed by atoms with Crippen molar-refractivity contribution in [3.63, 3.8) is 0 Å². The van der Waals surface area contributed by atoms with Crippen molar-refractivity contribution >= 4 is 23.4 Å². The Balaban J connectivity index is 2.74. The summed E-state index contributed by atoms with van der Waals surface area (Å²) >= 11 is 0. The first-order chi connectivity index (χ1) is 8.95. The number of anilines is 2. The van der Waals surface area contributed by atoms with Crippen molar-refractivity contribution in [2.24, 2.45) is 0 Å². The van der Waals surface area contributed by atoms with Crippen LogP contribution in [-0.4, -0.2) is 37.2 Å². The van der Waals surface area contributed by atoms with Gasteiger partial charge in [0.25, 0.3) is 0 Å². The van der Waals surface area contributed by atoms with E-state index < -0.39 is 18.0 Å². The number of carboxylic acid groups (broad SMARTS) is 1. The summed E-state index contributed by atoms with van der Waals surface area (Å²) in [6.45, 7) is 1.70. The lowest BCUT2D eigenvalue weighted by atomic mass is 10.2. The van der Waals surface area contributed by atoms with Gasteiger partial charge in [-0.05, 0) is 18.6 Å². The van der Waals surface area contributed by atoms with Crippen LogP contribution < -0.4 is 15.5 Å². The third-order valence-electron chi connectivity index (χ3n) is 2.65. The molecule has 0 saturated carbocycles. The molecule has 0 aliphatic heterocycles. The lowest BCUT2D eigenvalue weighted by Gasteiger charge is -2.19. The molecule has 0 fully saturated rings. The minimum absolute atomic E-state index is 0.331. The summed E-state index contributed by atoms with van der Waals surface area (Å²) in [7, 11) is 3.73. The van der Waals surface area contributed by atoms with Crippen molar-refractivity contribution in [2.45, 2.75) is 19.4 Å². The van der Waals surface area contributed by atoms with Gasteiger partial charge in [0.1, 0.15) is 6.04 Å². The van der Waals surface area contributed by atoms with Crippen LogP contribution in [0.15, 0.2) is 24.3 Å². The summed E-state index contributed by atoms with van der Waals surface area (Å²) < 4.78 is 0. The second-order valence-corrected chi connectivity index (χ2v) is 4.31. The predicted octanol–water partition coefficient (Wildman–Crippen LogP) is 1.74. The molecule has 6 heteroatoms. The number of para-hydroxylation sites is 2. The van der Waals surface area contributed by atoms with Gasteiger partial charge in [-0.3, -0.25) is 0 Å². The van der Waals surface area contributed by atoms with Crippen LogP contribution >= 0.6 is 0 Å². The molecule has 2 amide bonds. The van der Waals surface area contributed by atoms with Crippen LogP contribution in [0.1, 0.15) is 13.3 Å². The summed E-state index contributed by atoms with van der Waals surface area (Å²) in [6, 6.07) is 5.89. The minimum atomic E-state index is -1.04. The van der Waals surface area contributed by atoms with Crippen LogP contribution in [0.25, 0.3) is 0 Å². The maximum Gasteiger partial charge on any atom is 0.326 e. The summed E-state index contributed by atoms with van der Waals surface area (Å²) in [5, 5.41) is 13.9. The average Bonchev–Trinajstić information content (AvgIpc) is 2.35. The van der Waals surface area contributed by atoms with E-state index in [9.17, 15) is 9.59 Å². The lowest BCUT2D eigenvalue weighted by Crippen LogP contribution is -2.42. The SMILES string of the molecule is CC[C@@H](NC(=O)Nc1ccccc1N(C)C)C(=O)O. The van der Waals surface area contributed by atoms with E-state index in [2.05, 4.69) is 10.6 Å². The van der Waals surface area contributed by atoms with Gasteiger partial charge in [0.15, 0.2) is 0 Å². The van der Waals surface area contributed by atoms with Crippen LogP contribution in [-0.2, 0) is 4.79 Å². The van der Waals surface area contributed by atoms with Crippen molar-refractivity contribution in [2.75, 3.05) is 24.3 Å². The summed E-state index contributed by atoms with van der Waals surface area (Å²) in [4.78, 5) is 24.5. The first-order valence-electron chi connectivity index (χ1n) is 6.02. The summed E-state index contributed by atoms with van der Waals surface area (Å²) in [6.07, 6.45) is 0.331. The molecule has 19 heavy (non-hydrogen) atoms. The Morgan fingerprint density at radius 3 is 2.47 bits per heavy atom. The maximum atomic E-state index is 11.8. The Bertz CT molecular complexity index is 460. The molecule has 0 unspecified atom stereocenters. The fraction of sp³-hybridized carbons (Fsp3) is 0.385. The highest BCUT2D eigenvalue weighted by Crippen LogP contribution is 2.23. The highest BCUT2D eigenvalue weighted by Gasteiger charge is 2.18. The van der Waals surface area contributed by atoms with E-state index in [4.69, 9.17) is 5.11 Å². The van der Waals surface area contributed by atoms with Crippen molar-refractivity contribution in [1.29, 1.82) is 0 Å². The van der Waals surface area contributed by atoms with E-state index in [0.717, 1.165) is 5.69 Å². The van der Waals surface area contributed by atoms with Crippen LogP contribution in [0.4, 0.5) is 16.2 Å². The molecule has 0 bridgehead atoms. The van der Waals surface area contributed by atoms with Gasteiger partial charge >= 0.3 is 12.0 Å². The van der Waals surface area contributed by atoms with E-state index in [1.54, 1.807) is 19.1 Å².